The Hall–Kier alpha value is -0.908. The van der Waals surface area contributed by atoms with Crippen molar-refractivity contribution >= 4 is 30.9 Å². The first-order valence-corrected chi connectivity index (χ1v) is 10.9. The maximum absolute atomic E-state index is 4.83. The van der Waals surface area contributed by atoms with Crippen molar-refractivity contribution in [1.29, 1.82) is 0 Å². The van der Waals surface area contributed by atoms with Gasteiger partial charge in [-0.2, -0.15) is 0 Å². The Balaban J connectivity index is 0.000000595. The number of halogens is 2. The molecule has 0 saturated carbocycles. The first-order chi connectivity index (χ1) is 11.0. The summed E-state index contributed by atoms with van der Waals surface area (Å²) >= 11 is -0.181. The average molecular weight is 385 g/mol. The summed E-state index contributed by atoms with van der Waals surface area (Å²) in [5, 5.41) is 2.74. The summed E-state index contributed by atoms with van der Waals surface area (Å²) in [6.45, 7) is 6.83. The van der Waals surface area contributed by atoms with Crippen LogP contribution in [0.2, 0.25) is 0 Å². The molecule has 0 radical (unpaired) electrons. The molecule has 3 rings (SSSR count). The molecule has 0 aliphatic carbocycles. The molecule has 1 aromatic heterocycles. The number of hydrogen-bond donors (Lipinski definition) is 0. The van der Waals surface area contributed by atoms with Gasteiger partial charge in [0.1, 0.15) is 0 Å². The molecule has 0 N–H and O–H groups in total. The summed E-state index contributed by atoms with van der Waals surface area (Å²) < 4.78 is 0. The second-order valence-corrected chi connectivity index (χ2v) is 8.54. The third-order valence-electron chi connectivity index (χ3n) is 3.79. The number of hydrogen-bond acceptors (Lipinski definition) is 1. The zero-order valence-corrected chi connectivity index (χ0v) is 16.3. The van der Waals surface area contributed by atoms with Gasteiger partial charge < -0.3 is 0 Å². The summed E-state index contributed by atoms with van der Waals surface area (Å²) in [5.74, 6) is 0. The molecule has 0 saturated heterocycles. The van der Waals surface area contributed by atoms with Gasteiger partial charge in [-0.15, -0.1) is 46.2 Å². The van der Waals surface area contributed by atoms with Gasteiger partial charge in [-0.1, -0.05) is 38.3 Å². The standard InChI is InChI=1S/C19H20N.2ClH.Cr/c1-19(2,3)18-13-14(12-15-8-6-7-11-20-15)16-9-4-5-10-17(16)18;;;/h4-11,13H,12H2,1-3H3;2*1H;/q-1;;;+3/p-2. The fourth-order valence-corrected chi connectivity index (χ4v) is 2.79. The van der Waals surface area contributed by atoms with Crippen LogP contribution < -0.4 is 0 Å². The van der Waals surface area contributed by atoms with Crippen LogP contribution in [0.25, 0.3) is 10.8 Å². The Kier molecular flexibility index (Phi) is 6.63. The molecule has 0 atom stereocenters. The summed E-state index contributed by atoms with van der Waals surface area (Å²) in [6, 6.07) is 17.2. The van der Waals surface area contributed by atoms with Crippen LogP contribution in [-0.2, 0) is 25.2 Å². The van der Waals surface area contributed by atoms with Crippen LogP contribution in [0.3, 0.4) is 0 Å². The van der Waals surface area contributed by atoms with Gasteiger partial charge in [0.25, 0.3) is 0 Å². The molecule has 0 fully saturated rings. The summed E-state index contributed by atoms with van der Waals surface area (Å²) in [7, 11) is 9.65. The first-order valence-electron chi connectivity index (χ1n) is 7.44. The van der Waals surface area contributed by atoms with Crippen LogP contribution in [0, 0.1) is 0 Å². The number of nitrogens with zero attached hydrogens (tertiary/aromatic N) is 1. The SMILES string of the molecule is CC(C)(C)c1c[c-](Cc2ccccn2)c2ccccc12.[Cl][Cr+][Cl]. The van der Waals surface area contributed by atoms with Crippen LogP contribution in [0.4, 0.5) is 0 Å². The maximum atomic E-state index is 4.83. The Labute approximate surface area is 153 Å². The topological polar surface area (TPSA) is 12.9 Å². The Morgan fingerprint density at radius 2 is 1.70 bits per heavy atom. The van der Waals surface area contributed by atoms with Crippen LogP contribution in [-0.4, -0.2) is 4.98 Å². The molecule has 3 aromatic rings. The van der Waals surface area contributed by atoms with Crippen molar-refractivity contribution in [3.05, 3.63) is 71.5 Å². The van der Waals surface area contributed by atoms with E-state index in [4.69, 9.17) is 20.1 Å². The van der Waals surface area contributed by atoms with Crippen molar-refractivity contribution in [2.24, 2.45) is 0 Å². The Bertz CT molecular complexity index is 745. The zero-order valence-electron chi connectivity index (χ0n) is 13.5. The van der Waals surface area contributed by atoms with Gasteiger partial charge in [0.05, 0.1) is 0 Å². The van der Waals surface area contributed by atoms with E-state index in [1.807, 2.05) is 12.3 Å². The number of fused-ring (bicyclic) bond motifs is 1. The van der Waals surface area contributed by atoms with Gasteiger partial charge in [0.15, 0.2) is 0 Å². The van der Waals surface area contributed by atoms with E-state index in [2.05, 4.69) is 68.2 Å². The third-order valence-corrected chi connectivity index (χ3v) is 3.79. The molecule has 2 aromatic carbocycles. The van der Waals surface area contributed by atoms with Gasteiger partial charge >= 0.3 is 33.5 Å². The van der Waals surface area contributed by atoms with E-state index < -0.39 is 0 Å². The molecule has 0 bridgehead atoms. The number of aromatic nitrogens is 1. The van der Waals surface area contributed by atoms with Crippen molar-refractivity contribution in [2.45, 2.75) is 32.6 Å². The van der Waals surface area contributed by atoms with E-state index >= 15 is 0 Å². The molecule has 0 aliphatic rings. The molecule has 0 amide bonds. The van der Waals surface area contributed by atoms with Crippen molar-refractivity contribution in [3.8, 4) is 0 Å². The van der Waals surface area contributed by atoms with E-state index in [0.29, 0.717) is 0 Å². The molecule has 23 heavy (non-hydrogen) atoms. The number of rotatable bonds is 2. The van der Waals surface area contributed by atoms with E-state index in [1.165, 1.54) is 21.9 Å². The van der Waals surface area contributed by atoms with E-state index in [9.17, 15) is 0 Å². The van der Waals surface area contributed by atoms with Gasteiger partial charge in [-0.05, 0) is 18.6 Å². The van der Waals surface area contributed by atoms with E-state index in [-0.39, 0.29) is 18.8 Å². The minimum absolute atomic E-state index is 0.169. The molecule has 0 unspecified atom stereocenters. The zero-order chi connectivity index (χ0) is 16.9. The predicted octanol–water partition coefficient (Wildman–Crippen LogP) is 6.22. The van der Waals surface area contributed by atoms with Crippen molar-refractivity contribution in [1.82, 2.24) is 4.98 Å². The van der Waals surface area contributed by atoms with E-state index in [1.54, 1.807) is 0 Å². The minimum atomic E-state index is -0.181. The van der Waals surface area contributed by atoms with Crippen LogP contribution >= 0.6 is 20.1 Å². The van der Waals surface area contributed by atoms with Crippen LogP contribution in [0.5, 0.6) is 0 Å². The molecule has 1 nitrogen and oxygen atoms in total. The van der Waals surface area contributed by atoms with Gasteiger partial charge in [0.2, 0.25) is 0 Å². The van der Waals surface area contributed by atoms with Gasteiger partial charge in [0, 0.05) is 11.9 Å². The van der Waals surface area contributed by atoms with E-state index in [0.717, 1.165) is 12.1 Å². The van der Waals surface area contributed by atoms with Gasteiger partial charge in [-0.3, -0.25) is 4.98 Å². The normalized spacial score (nSPS) is 11.0. The van der Waals surface area contributed by atoms with Crippen molar-refractivity contribution in [3.63, 3.8) is 0 Å². The predicted molar refractivity (Wildman–Crippen MR) is 97.0 cm³/mol. The van der Waals surface area contributed by atoms with Crippen molar-refractivity contribution in [2.75, 3.05) is 0 Å². The molecular formula is C19H20Cl2CrN. The fourth-order valence-electron chi connectivity index (χ4n) is 2.79. The molecular weight excluding hydrogens is 365 g/mol. The molecule has 1 heterocycles. The Morgan fingerprint density at radius 3 is 2.30 bits per heavy atom. The third kappa shape index (κ3) is 4.78. The Morgan fingerprint density at radius 1 is 1.04 bits per heavy atom. The molecule has 4 heteroatoms. The second kappa shape index (κ2) is 8.27. The molecule has 0 spiro atoms. The quantitative estimate of drug-likeness (QED) is 0.478. The van der Waals surface area contributed by atoms with Crippen LogP contribution in [0.15, 0.2) is 54.7 Å². The number of benzene rings is 1. The van der Waals surface area contributed by atoms with Crippen molar-refractivity contribution < 1.29 is 13.4 Å². The van der Waals surface area contributed by atoms with Gasteiger partial charge in [-0.25, -0.2) is 0 Å². The second-order valence-electron chi connectivity index (χ2n) is 6.44. The average Bonchev–Trinajstić information content (AvgIpc) is 2.88. The first kappa shape index (κ1) is 18.4. The summed E-state index contributed by atoms with van der Waals surface area (Å²) in [4.78, 5) is 4.45. The number of pyridine rings is 1. The summed E-state index contributed by atoms with van der Waals surface area (Å²) in [5.41, 5.74) is 4.11. The summed E-state index contributed by atoms with van der Waals surface area (Å²) in [6.07, 6.45) is 2.77. The monoisotopic (exact) mass is 384 g/mol. The fraction of sp³-hybridized carbons (Fsp3) is 0.263. The van der Waals surface area contributed by atoms with Crippen LogP contribution in [0.1, 0.15) is 37.6 Å². The molecule has 0 aliphatic heterocycles. The molecule has 121 valence electrons.